The van der Waals surface area contributed by atoms with Gasteiger partial charge in [-0.3, -0.25) is 9.78 Å². The summed E-state index contributed by atoms with van der Waals surface area (Å²) in [5, 5.41) is 13.6. The van der Waals surface area contributed by atoms with E-state index in [9.17, 15) is 9.90 Å². The van der Waals surface area contributed by atoms with Crippen LogP contribution in [-0.4, -0.2) is 33.1 Å². The number of fused-ring (bicyclic) bond motifs is 1. The lowest BCUT2D eigenvalue weighted by Gasteiger charge is -2.13. The number of H-pyrrole nitrogens is 1. The highest BCUT2D eigenvalue weighted by molar-refractivity contribution is 7.13. The molecule has 118 valence electrons. The molecule has 1 amide bonds. The summed E-state index contributed by atoms with van der Waals surface area (Å²) in [5.41, 5.74) is 4.37. The molecule has 1 aliphatic carbocycles. The van der Waals surface area contributed by atoms with Crippen molar-refractivity contribution in [2.75, 3.05) is 0 Å². The summed E-state index contributed by atoms with van der Waals surface area (Å²) in [7, 11) is 0. The molecule has 1 fully saturated rings. The summed E-state index contributed by atoms with van der Waals surface area (Å²) in [6.07, 6.45) is 5.58. The minimum absolute atomic E-state index is 0.0542. The summed E-state index contributed by atoms with van der Waals surface area (Å²) in [6, 6.07) is 5.94. The van der Waals surface area contributed by atoms with Gasteiger partial charge in [-0.25, -0.2) is 0 Å². The Morgan fingerprint density at radius 3 is 3.04 bits per heavy atom. The van der Waals surface area contributed by atoms with Crippen LogP contribution in [0, 0.1) is 0 Å². The van der Waals surface area contributed by atoms with Crippen molar-refractivity contribution in [3.63, 3.8) is 0 Å². The van der Waals surface area contributed by atoms with Crippen LogP contribution < -0.4 is 5.32 Å². The molecule has 23 heavy (non-hydrogen) atoms. The Balaban J connectivity index is 1.70. The third-order valence-electron chi connectivity index (χ3n) is 4.37. The van der Waals surface area contributed by atoms with Crippen LogP contribution in [0.25, 0.3) is 21.3 Å². The minimum Gasteiger partial charge on any atom is -0.393 e. The monoisotopic (exact) mass is 327 g/mol. The first-order valence-corrected chi connectivity index (χ1v) is 8.57. The quantitative estimate of drug-likeness (QED) is 0.692. The fraction of sp³-hybridized carbons (Fsp3) is 0.294. The van der Waals surface area contributed by atoms with E-state index in [-0.39, 0.29) is 18.1 Å². The van der Waals surface area contributed by atoms with Crippen LogP contribution >= 0.6 is 11.3 Å². The lowest BCUT2D eigenvalue weighted by Crippen LogP contribution is -2.33. The zero-order chi connectivity index (χ0) is 15.8. The van der Waals surface area contributed by atoms with Crippen LogP contribution in [0.5, 0.6) is 0 Å². The molecule has 0 unspecified atom stereocenters. The summed E-state index contributed by atoms with van der Waals surface area (Å²) >= 11 is 1.55. The average molecular weight is 327 g/mol. The van der Waals surface area contributed by atoms with Crippen LogP contribution in [-0.2, 0) is 0 Å². The number of rotatable bonds is 3. The molecule has 0 spiro atoms. The maximum absolute atomic E-state index is 12.7. The van der Waals surface area contributed by atoms with E-state index >= 15 is 0 Å². The highest BCUT2D eigenvalue weighted by Gasteiger charge is 2.25. The number of amides is 1. The van der Waals surface area contributed by atoms with Crippen LogP contribution in [0.2, 0.25) is 0 Å². The normalized spacial score (nSPS) is 20.9. The van der Waals surface area contributed by atoms with Gasteiger partial charge in [-0.2, -0.15) is 0 Å². The lowest BCUT2D eigenvalue weighted by atomic mass is 10.0. The van der Waals surface area contributed by atoms with Gasteiger partial charge in [-0.15, -0.1) is 11.3 Å². The van der Waals surface area contributed by atoms with Crippen LogP contribution in [0.1, 0.15) is 29.6 Å². The molecule has 0 aliphatic heterocycles. The molecule has 0 bridgehead atoms. The fourth-order valence-corrected chi connectivity index (χ4v) is 3.82. The van der Waals surface area contributed by atoms with Crippen LogP contribution in [0.3, 0.4) is 0 Å². The number of thiazole rings is 1. The van der Waals surface area contributed by atoms with Gasteiger partial charge < -0.3 is 15.4 Å². The Bertz CT molecular complexity index is 841. The Morgan fingerprint density at radius 2 is 2.30 bits per heavy atom. The molecular formula is C17H17N3O2S. The summed E-state index contributed by atoms with van der Waals surface area (Å²) in [4.78, 5) is 21.1. The van der Waals surface area contributed by atoms with Gasteiger partial charge in [-0.1, -0.05) is 0 Å². The second-order valence-corrected chi connectivity index (χ2v) is 6.85. The zero-order valence-electron chi connectivity index (χ0n) is 12.5. The molecule has 3 N–H and O–H groups in total. The Labute approximate surface area is 137 Å². The van der Waals surface area contributed by atoms with E-state index in [1.807, 2.05) is 30.6 Å². The fourth-order valence-electron chi connectivity index (χ4n) is 3.21. The summed E-state index contributed by atoms with van der Waals surface area (Å²) < 4.78 is 0. The van der Waals surface area contributed by atoms with E-state index in [2.05, 4.69) is 15.3 Å². The first kappa shape index (κ1) is 14.4. The average Bonchev–Trinajstić information content (AvgIpc) is 3.27. The maximum atomic E-state index is 12.7. The van der Waals surface area contributed by atoms with Gasteiger partial charge in [0.2, 0.25) is 0 Å². The van der Waals surface area contributed by atoms with Crippen molar-refractivity contribution in [2.24, 2.45) is 0 Å². The highest BCUT2D eigenvalue weighted by Crippen LogP contribution is 2.30. The molecule has 3 aromatic rings. The first-order valence-electron chi connectivity index (χ1n) is 7.69. The Hall–Kier alpha value is -2.18. The SMILES string of the molecule is O=C(N[C@@H]1CC[C@@H](O)C1)c1cc(-c2cncs2)cc2[nH]ccc12. The van der Waals surface area contributed by atoms with Gasteiger partial charge in [0.05, 0.1) is 16.5 Å². The van der Waals surface area contributed by atoms with E-state index in [0.717, 1.165) is 34.2 Å². The predicted molar refractivity (Wildman–Crippen MR) is 90.5 cm³/mol. The van der Waals surface area contributed by atoms with Gasteiger partial charge in [-0.05, 0) is 43.0 Å². The van der Waals surface area contributed by atoms with E-state index in [4.69, 9.17) is 0 Å². The number of aliphatic hydroxyl groups is 1. The molecule has 0 radical (unpaired) electrons. The van der Waals surface area contributed by atoms with Crippen molar-refractivity contribution in [1.29, 1.82) is 0 Å². The van der Waals surface area contributed by atoms with Crippen LogP contribution in [0.4, 0.5) is 0 Å². The number of aliphatic hydroxyl groups excluding tert-OH is 1. The number of benzene rings is 1. The van der Waals surface area contributed by atoms with E-state index in [1.54, 1.807) is 16.8 Å². The number of hydrogen-bond donors (Lipinski definition) is 3. The van der Waals surface area contributed by atoms with E-state index < -0.39 is 0 Å². The van der Waals surface area contributed by atoms with Crippen molar-refractivity contribution in [3.8, 4) is 10.4 Å². The number of nitrogens with one attached hydrogen (secondary N) is 2. The number of nitrogens with zero attached hydrogens (tertiary/aromatic N) is 1. The Morgan fingerprint density at radius 1 is 1.39 bits per heavy atom. The number of carbonyl (C=O) groups excluding carboxylic acids is 1. The van der Waals surface area contributed by atoms with Crippen molar-refractivity contribution in [1.82, 2.24) is 15.3 Å². The van der Waals surface area contributed by atoms with Gasteiger partial charge in [0.1, 0.15) is 0 Å². The molecule has 1 aliphatic rings. The molecule has 1 aromatic carbocycles. The highest BCUT2D eigenvalue weighted by atomic mass is 32.1. The zero-order valence-corrected chi connectivity index (χ0v) is 13.3. The van der Waals surface area contributed by atoms with Gasteiger partial charge >= 0.3 is 0 Å². The topological polar surface area (TPSA) is 78.0 Å². The molecule has 4 rings (SSSR count). The van der Waals surface area contributed by atoms with Crippen molar-refractivity contribution >= 4 is 28.1 Å². The first-order chi connectivity index (χ1) is 11.2. The van der Waals surface area contributed by atoms with Crippen molar-refractivity contribution in [2.45, 2.75) is 31.4 Å². The molecule has 5 nitrogen and oxygen atoms in total. The van der Waals surface area contributed by atoms with Crippen molar-refractivity contribution < 1.29 is 9.90 Å². The number of carbonyl (C=O) groups is 1. The maximum Gasteiger partial charge on any atom is 0.252 e. The molecule has 6 heteroatoms. The van der Waals surface area contributed by atoms with E-state index in [0.29, 0.717) is 12.0 Å². The molecule has 2 heterocycles. The second-order valence-electron chi connectivity index (χ2n) is 5.97. The van der Waals surface area contributed by atoms with Gasteiger partial charge in [0.25, 0.3) is 5.91 Å². The number of aromatic amines is 1. The predicted octanol–water partition coefficient (Wildman–Crippen LogP) is 2.93. The summed E-state index contributed by atoms with van der Waals surface area (Å²) in [6.45, 7) is 0. The molecule has 1 saturated carbocycles. The molecular weight excluding hydrogens is 310 g/mol. The minimum atomic E-state index is -0.295. The number of hydrogen-bond acceptors (Lipinski definition) is 4. The van der Waals surface area contributed by atoms with Crippen molar-refractivity contribution in [3.05, 3.63) is 41.7 Å². The largest absolute Gasteiger partial charge is 0.393 e. The lowest BCUT2D eigenvalue weighted by molar-refractivity contribution is 0.0935. The summed E-state index contributed by atoms with van der Waals surface area (Å²) in [5.74, 6) is -0.0833. The molecule has 2 atom stereocenters. The standard InChI is InChI=1S/C17H17N3O2S/c21-12-2-1-11(7-12)20-17(22)14-5-10(16-8-18-9-23-16)6-15-13(14)3-4-19-15/h3-6,8-9,11-12,19,21H,1-2,7H2,(H,20,22)/t11-,12-/m1/s1. The number of aromatic nitrogens is 2. The van der Waals surface area contributed by atoms with Gasteiger partial charge in [0.15, 0.2) is 0 Å². The van der Waals surface area contributed by atoms with Crippen LogP contribution in [0.15, 0.2) is 36.1 Å². The molecule has 0 saturated heterocycles. The molecule has 2 aromatic heterocycles. The van der Waals surface area contributed by atoms with Gasteiger partial charge in [0, 0.05) is 34.9 Å². The smallest absolute Gasteiger partial charge is 0.252 e. The second kappa shape index (κ2) is 5.79. The Kier molecular flexibility index (Phi) is 3.63. The van der Waals surface area contributed by atoms with E-state index in [1.165, 1.54) is 0 Å². The third kappa shape index (κ3) is 2.75. The third-order valence-corrected chi connectivity index (χ3v) is 5.19.